The van der Waals surface area contributed by atoms with Gasteiger partial charge in [-0.2, -0.15) is 4.98 Å². The van der Waals surface area contributed by atoms with Crippen LogP contribution in [0.1, 0.15) is 35.9 Å². The summed E-state index contributed by atoms with van der Waals surface area (Å²) >= 11 is 3.64. The van der Waals surface area contributed by atoms with Crippen LogP contribution in [0.3, 0.4) is 0 Å². The van der Waals surface area contributed by atoms with Crippen molar-refractivity contribution in [2.24, 2.45) is 10.9 Å². The zero-order chi connectivity index (χ0) is 22.4. The molecule has 2 N–H and O–H groups in total. The van der Waals surface area contributed by atoms with Crippen LogP contribution in [0.15, 0.2) is 51.9 Å². The number of benzene rings is 2. The third kappa shape index (κ3) is 3.37. The number of Topliss-reactive ketones (excluding diaryl/α,β-unsaturated/α-hetero) is 1. The lowest BCUT2D eigenvalue weighted by molar-refractivity contribution is -0.122. The van der Waals surface area contributed by atoms with E-state index in [0.29, 0.717) is 30.3 Å². The standard InChI is InChI=1S/C23H22BrN5O3/c1-31-18-8-7-12(11-19(18)32-2)13-9-16-20(17(30)10-13)21(14-5-3-4-6-15(14)24)29-23(26-16)27-22(25)28-29/h3-8,11,13,20-21H,9-10H2,1-2H3,(H2,25,28). The van der Waals surface area contributed by atoms with Crippen LogP contribution < -0.4 is 15.2 Å². The number of nitrogen functional groups attached to an aromatic ring is 1. The number of rotatable bonds is 4. The van der Waals surface area contributed by atoms with Crippen molar-refractivity contribution in [1.82, 2.24) is 14.8 Å². The highest BCUT2D eigenvalue weighted by molar-refractivity contribution is 9.10. The molecule has 0 saturated heterocycles. The van der Waals surface area contributed by atoms with Crippen LogP contribution >= 0.6 is 15.9 Å². The lowest BCUT2D eigenvalue weighted by Gasteiger charge is -2.37. The summed E-state index contributed by atoms with van der Waals surface area (Å²) in [6, 6.07) is 13.3. The van der Waals surface area contributed by atoms with Crippen LogP contribution in [-0.2, 0) is 4.79 Å². The summed E-state index contributed by atoms with van der Waals surface area (Å²) in [7, 11) is 3.21. The van der Waals surface area contributed by atoms with Gasteiger partial charge in [-0.3, -0.25) is 4.79 Å². The molecule has 1 saturated carbocycles. The van der Waals surface area contributed by atoms with E-state index in [1.165, 1.54) is 0 Å². The summed E-state index contributed by atoms with van der Waals surface area (Å²) in [6.07, 6.45) is 1.04. The van der Waals surface area contributed by atoms with E-state index >= 15 is 0 Å². The quantitative estimate of drug-likeness (QED) is 0.584. The van der Waals surface area contributed by atoms with Gasteiger partial charge in [0.15, 0.2) is 11.5 Å². The average molecular weight is 496 g/mol. The fourth-order valence-electron chi connectivity index (χ4n) is 4.71. The monoisotopic (exact) mass is 495 g/mol. The Labute approximate surface area is 193 Å². The molecule has 1 fully saturated rings. The second-order valence-corrected chi connectivity index (χ2v) is 8.80. The summed E-state index contributed by atoms with van der Waals surface area (Å²) in [4.78, 5) is 22.6. The molecule has 1 aliphatic carbocycles. The first kappa shape index (κ1) is 20.7. The molecule has 3 unspecified atom stereocenters. The number of nitrogens with two attached hydrogens (primary N) is 1. The van der Waals surface area contributed by atoms with Crippen molar-refractivity contribution in [1.29, 1.82) is 0 Å². The van der Waals surface area contributed by atoms with Gasteiger partial charge in [-0.25, -0.2) is 9.67 Å². The third-order valence-electron chi connectivity index (χ3n) is 6.16. The molecule has 1 aliphatic heterocycles. The molecule has 0 spiro atoms. The van der Waals surface area contributed by atoms with Gasteiger partial charge >= 0.3 is 0 Å². The highest BCUT2D eigenvalue weighted by Crippen LogP contribution is 2.45. The number of anilines is 1. The Morgan fingerprint density at radius 2 is 1.88 bits per heavy atom. The maximum atomic E-state index is 13.6. The summed E-state index contributed by atoms with van der Waals surface area (Å²) in [5.41, 5.74) is 8.68. The molecular weight excluding hydrogens is 474 g/mol. The molecule has 8 nitrogen and oxygen atoms in total. The van der Waals surface area contributed by atoms with Gasteiger partial charge in [0.25, 0.3) is 0 Å². The minimum atomic E-state index is -0.418. The fourth-order valence-corrected chi connectivity index (χ4v) is 5.23. The van der Waals surface area contributed by atoms with Crippen LogP contribution in [0.25, 0.3) is 0 Å². The number of hydrogen-bond acceptors (Lipinski definition) is 7. The van der Waals surface area contributed by atoms with E-state index in [4.69, 9.17) is 20.2 Å². The minimum absolute atomic E-state index is 0.0102. The topological polar surface area (TPSA) is 105 Å². The van der Waals surface area contributed by atoms with Crippen LogP contribution in [0.5, 0.6) is 11.5 Å². The van der Waals surface area contributed by atoms with Gasteiger partial charge in [0.1, 0.15) is 5.78 Å². The molecule has 0 amide bonds. The Bertz CT molecular complexity index is 1240. The first-order valence-electron chi connectivity index (χ1n) is 10.3. The van der Waals surface area contributed by atoms with Crippen molar-refractivity contribution >= 4 is 39.3 Å². The molecule has 3 atom stereocenters. The first-order chi connectivity index (χ1) is 15.5. The molecule has 9 heteroatoms. The molecule has 32 heavy (non-hydrogen) atoms. The third-order valence-corrected chi connectivity index (χ3v) is 6.89. The van der Waals surface area contributed by atoms with E-state index in [-0.39, 0.29) is 23.7 Å². The number of hydrogen-bond donors (Lipinski definition) is 1. The van der Waals surface area contributed by atoms with Crippen LogP contribution in [0.4, 0.5) is 11.9 Å². The van der Waals surface area contributed by atoms with Gasteiger partial charge in [0, 0.05) is 16.6 Å². The smallest absolute Gasteiger partial charge is 0.250 e. The molecule has 164 valence electrons. The number of aliphatic imine (C=N–C) groups is 1. The van der Waals surface area contributed by atoms with Gasteiger partial charge in [-0.1, -0.05) is 40.2 Å². The number of halogens is 1. The van der Waals surface area contributed by atoms with E-state index in [1.807, 2.05) is 42.5 Å². The molecule has 2 aliphatic rings. The van der Waals surface area contributed by atoms with Crippen molar-refractivity contribution in [3.63, 3.8) is 0 Å². The molecular formula is C23H22BrN5O3. The number of carbonyl (C=O) groups excluding carboxylic acids is 1. The van der Waals surface area contributed by atoms with Gasteiger partial charge in [0.2, 0.25) is 11.9 Å². The highest BCUT2D eigenvalue weighted by atomic mass is 79.9. The molecule has 2 heterocycles. The lowest BCUT2D eigenvalue weighted by atomic mass is 9.72. The van der Waals surface area contributed by atoms with Crippen molar-refractivity contribution in [3.05, 3.63) is 58.1 Å². The Morgan fingerprint density at radius 3 is 2.62 bits per heavy atom. The number of aromatic nitrogens is 3. The van der Waals surface area contributed by atoms with Gasteiger partial charge in [-0.05, 0) is 41.7 Å². The van der Waals surface area contributed by atoms with E-state index in [2.05, 4.69) is 26.0 Å². The second kappa shape index (κ2) is 8.05. The lowest BCUT2D eigenvalue weighted by Crippen LogP contribution is -2.41. The highest BCUT2D eigenvalue weighted by Gasteiger charge is 2.45. The average Bonchev–Trinajstić information content (AvgIpc) is 3.17. The van der Waals surface area contributed by atoms with E-state index < -0.39 is 5.92 Å². The van der Waals surface area contributed by atoms with Gasteiger partial charge in [-0.15, -0.1) is 5.10 Å². The summed E-state index contributed by atoms with van der Waals surface area (Å²) < 4.78 is 13.4. The van der Waals surface area contributed by atoms with Gasteiger partial charge < -0.3 is 15.2 Å². The number of ketones is 1. The molecule has 3 aromatic rings. The van der Waals surface area contributed by atoms with Crippen LogP contribution in [-0.4, -0.2) is 40.5 Å². The number of ether oxygens (including phenoxy) is 2. The zero-order valence-corrected chi connectivity index (χ0v) is 19.2. The van der Waals surface area contributed by atoms with Crippen molar-refractivity contribution < 1.29 is 14.3 Å². The maximum absolute atomic E-state index is 13.6. The van der Waals surface area contributed by atoms with Crippen LogP contribution in [0, 0.1) is 5.92 Å². The largest absolute Gasteiger partial charge is 0.493 e. The zero-order valence-electron chi connectivity index (χ0n) is 17.7. The molecule has 1 aromatic heterocycles. The van der Waals surface area contributed by atoms with Gasteiger partial charge in [0.05, 0.1) is 26.2 Å². The number of carbonyl (C=O) groups is 1. The Balaban J connectivity index is 1.57. The van der Waals surface area contributed by atoms with E-state index in [1.54, 1.807) is 18.9 Å². The summed E-state index contributed by atoms with van der Waals surface area (Å²) in [5, 5.41) is 4.37. The van der Waals surface area contributed by atoms with E-state index in [0.717, 1.165) is 21.3 Å². The van der Waals surface area contributed by atoms with E-state index in [9.17, 15) is 4.79 Å². The molecule has 2 aromatic carbocycles. The summed E-state index contributed by atoms with van der Waals surface area (Å²) in [6.45, 7) is 0. The normalized spacial score (nSPS) is 22.0. The molecule has 0 radical (unpaired) electrons. The first-order valence-corrected chi connectivity index (χ1v) is 11.1. The van der Waals surface area contributed by atoms with Crippen molar-refractivity contribution in [2.75, 3.05) is 20.0 Å². The second-order valence-electron chi connectivity index (χ2n) is 7.95. The SMILES string of the molecule is COc1ccc(C2CC(=O)C3C(=Nc4nc(N)nn4C3c3ccccc3Br)C2)cc1OC. The number of fused-ring (bicyclic) bond motifs is 2. The Morgan fingerprint density at radius 1 is 1.09 bits per heavy atom. The Hall–Kier alpha value is -3.20. The Kier molecular flexibility index (Phi) is 5.21. The number of nitrogens with zero attached hydrogens (tertiary/aromatic N) is 4. The predicted octanol–water partition coefficient (Wildman–Crippen LogP) is 4.08. The summed E-state index contributed by atoms with van der Waals surface area (Å²) in [5.74, 6) is 1.56. The van der Waals surface area contributed by atoms with Crippen molar-refractivity contribution in [2.45, 2.75) is 24.8 Å². The van der Waals surface area contributed by atoms with Crippen molar-refractivity contribution in [3.8, 4) is 11.5 Å². The molecule has 5 rings (SSSR count). The molecule has 0 bridgehead atoms. The maximum Gasteiger partial charge on any atom is 0.250 e. The predicted molar refractivity (Wildman–Crippen MR) is 124 cm³/mol. The van der Waals surface area contributed by atoms with Crippen LogP contribution in [0.2, 0.25) is 0 Å². The fraction of sp³-hybridized carbons (Fsp3) is 0.304. The number of methoxy groups -OCH3 is 2. The minimum Gasteiger partial charge on any atom is -0.493 e.